The van der Waals surface area contributed by atoms with Gasteiger partial charge in [-0.2, -0.15) is 0 Å². The minimum absolute atomic E-state index is 0.237. The Morgan fingerprint density at radius 2 is 1.90 bits per heavy atom. The van der Waals surface area contributed by atoms with E-state index in [-0.39, 0.29) is 9.92 Å². The fraction of sp³-hybridized carbons (Fsp3) is 0. The minimum atomic E-state index is -1.05. The van der Waals surface area contributed by atoms with Crippen LogP contribution in [0.25, 0.3) is 0 Å². The third kappa shape index (κ3) is 1.25. The lowest BCUT2D eigenvalue weighted by molar-refractivity contribution is 0.506. The maximum Gasteiger partial charge on any atom is 0.178 e. The van der Waals surface area contributed by atoms with E-state index in [0.717, 1.165) is 6.07 Å². The smallest absolute Gasteiger partial charge is 0.178 e. The van der Waals surface area contributed by atoms with Gasteiger partial charge in [0.15, 0.2) is 11.6 Å². The van der Waals surface area contributed by atoms with Crippen LogP contribution in [0.5, 0.6) is 0 Å². The Balaban J connectivity index is 3.34. The zero-order chi connectivity index (χ0) is 7.72. The van der Waals surface area contributed by atoms with Gasteiger partial charge in [-0.25, -0.2) is 8.78 Å². The summed E-state index contributed by atoms with van der Waals surface area (Å²) in [5.41, 5.74) is 0. The van der Waals surface area contributed by atoms with Gasteiger partial charge in [0, 0.05) is 4.90 Å². The Labute approximate surface area is 67.2 Å². The van der Waals surface area contributed by atoms with Crippen molar-refractivity contribution in [1.82, 2.24) is 0 Å². The maximum absolute atomic E-state index is 12.4. The molecule has 1 aromatic carbocycles. The summed E-state index contributed by atoms with van der Waals surface area (Å²) in [6, 6.07) is 2.27. The predicted molar refractivity (Wildman–Crippen MR) is 38.6 cm³/mol. The van der Waals surface area contributed by atoms with E-state index in [2.05, 4.69) is 12.6 Å². The van der Waals surface area contributed by atoms with Gasteiger partial charge in [0.25, 0.3) is 0 Å². The van der Waals surface area contributed by atoms with Crippen molar-refractivity contribution in [2.75, 3.05) is 0 Å². The number of halogens is 3. The van der Waals surface area contributed by atoms with Crippen molar-refractivity contribution in [3.05, 3.63) is 28.8 Å². The second kappa shape index (κ2) is 2.76. The van der Waals surface area contributed by atoms with Crippen molar-refractivity contribution in [3.63, 3.8) is 0 Å². The van der Waals surface area contributed by atoms with E-state index in [1.807, 2.05) is 0 Å². The van der Waals surface area contributed by atoms with E-state index in [0.29, 0.717) is 0 Å². The van der Waals surface area contributed by atoms with Crippen LogP contribution in [-0.4, -0.2) is 0 Å². The van der Waals surface area contributed by atoms with E-state index in [1.165, 1.54) is 6.07 Å². The summed E-state index contributed by atoms with van der Waals surface area (Å²) in [7, 11) is 0. The number of hydrogen-bond acceptors (Lipinski definition) is 1. The highest BCUT2D eigenvalue weighted by atomic mass is 35.5. The summed E-state index contributed by atoms with van der Waals surface area (Å²) in [6.45, 7) is 0. The van der Waals surface area contributed by atoms with E-state index in [4.69, 9.17) is 11.6 Å². The maximum atomic E-state index is 12.4. The van der Waals surface area contributed by atoms with Gasteiger partial charge in [-0.05, 0) is 12.1 Å². The molecule has 0 nitrogen and oxygen atoms in total. The normalized spacial score (nSPS) is 10.0. The Hall–Kier alpha value is -0.280. The molecule has 0 fully saturated rings. The molecule has 0 N–H and O–H groups in total. The average molecular weight is 181 g/mol. The van der Waals surface area contributed by atoms with Crippen molar-refractivity contribution < 1.29 is 8.78 Å². The summed E-state index contributed by atoms with van der Waals surface area (Å²) in [4.78, 5) is 0.237. The first-order valence-corrected chi connectivity index (χ1v) is 3.28. The van der Waals surface area contributed by atoms with Crippen LogP contribution in [0.3, 0.4) is 0 Å². The molecule has 4 heteroatoms. The molecule has 0 unspecified atom stereocenters. The molecule has 0 bridgehead atoms. The van der Waals surface area contributed by atoms with Crippen LogP contribution in [0.4, 0.5) is 8.78 Å². The van der Waals surface area contributed by atoms with Crippen LogP contribution in [0.1, 0.15) is 0 Å². The zero-order valence-corrected chi connectivity index (χ0v) is 6.39. The van der Waals surface area contributed by atoms with Crippen molar-refractivity contribution in [2.45, 2.75) is 4.90 Å². The summed E-state index contributed by atoms with van der Waals surface area (Å²) in [5, 5.41) is -0.275. The van der Waals surface area contributed by atoms with E-state index < -0.39 is 11.6 Å². The summed E-state index contributed by atoms with van der Waals surface area (Å²) >= 11 is 9.07. The van der Waals surface area contributed by atoms with Crippen molar-refractivity contribution in [3.8, 4) is 0 Å². The second-order valence-electron chi connectivity index (χ2n) is 1.69. The van der Waals surface area contributed by atoms with Gasteiger partial charge >= 0.3 is 0 Å². The monoisotopic (exact) mass is 180 g/mol. The Morgan fingerprint density at radius 1 is 1.30 bits per heavy atom. The van der Waals surface area contributed by atoms with Crippen LogP contribution in [0.15, 0.2) is 17.0 Å². The molecular formula is C6H3ClF2S. The molecule has 0 saturated carbocycles. The molecule has 0 aliphatic rings. The Kier molecular flexibility index (Phi) is 2.16. The number of benzene rings is 1. The predicted octanol–water partition coefficient (Wildman–Crippen LogP) is 2.91. The largest absolute Gasteiger partial charge is 0.204 e. The van der Waals surface area contributed by atoms with Crippen LogP contribution in [-0.2, 0) is 0 Å². The van der Waals surface area contributed by atoms with E-state index in [1.54, 1.807) is 0 Å². The lowest BCUT2D eigenvalue weighted by atomic mass is 10.3. The first kappa shape index (κ1) is 7.82. The standard InChI is InChI=1S/C6H3ClF2S/c7-5-4(10)2-1-3(8)6(5)9/h1-2,10H. The minimum Gasteiger partial charge on any atom is -0.204 e. The average Bonchev–Trinajstić information content (AvgIpc) is 1.93. The first-order chi connectivity index (χ1) is 4.63. The van der Waals surface area contributed by atoms with E-state index in [9.17, 15) is 8.78 Å². The molecule has 0 heterocycles. The molecule has 0 aliphatic heterocycles. The SMILES string of the molecule is Fc1ccc(S)c(Cl)c1F. The van der Waals surface area contributed by atoms with Gasteiger partial charge in [0.2, 0.25) is 0 Å². The van der Waals surface area contributed by atoms with Gasteiger partial charge in [0.05, 0.1) is 5.02 Å². The summed E-state index contributed by atoms with van der Waals surface area (Å²) in [5.74, 6) is -2.00. The lowest BCUT2D eigenvalue weighted by Crippen LogP contribution is -1.84. The molecule has 0 radical (unpaired) electrons. The molecule has 0 atom stereocenters. The van der Waals surface area contributed by atoms with Crippen LogP contribution >= 0.6 is 24.2 Å². The number of rotatable bonds is 0. The third-order valence-corrected chi connectivity index (χ3v) is 1.89. The molecule has 0 amide bonds. The van der Waals surface area contributed by atoms with Crippen molar-refractivity contribution in [1.29, 1.82) is 0 Å². The summed E-state index contributed by atoms with van der Waals surface area (Å²) < 4.78 is 24.7. The second-order valence-corrected chi connectivity index (χ2v) is 2.55. The van der Waals surface area contributed by atoms with Crippen LogP contribution in [0.2, 0.25) is 5.02 Å². The molecule has 0 aliphatic carbocycles. The van der Waals surface area contributed by atoms with Gasteiger partial charge in [-0.15, -0.1) is 12.6 Å². The highest BCUT2D eigenvalue weighted by Crippen LogP contribution is 2.24. The molecular weight excluding hydrogens is 178 g/mol. The molecule has 1 rings (SSSR count). The summed E-state index contributed by atoms with van der Waals surface area (Å²) in [6.07, 6.45) is 0. The molecule has 1 aromatic rings. The molecule has 0 saturated heterocycles. The van der Waals surface area contributed by atoms with Gasteiger partial charge in [-0.1, -0.05) is 11.6 Å². The lowest BCUT2D eigenvalue weighted by Gasteiger charge is -1.97. The molecule has 10 heavy (non-hydrogen) atoms. The van der Waals surface area contributed by atoms with Crippen molar-refractivity contribution in [2.24, 2.45) is 0 Å². The fourth-order valence-corrected chi connectivity index (χ4v) is 0.842. The highest BCUT2D eigenvalue weighted by Gasteiger charge is 2.07. The topological polar surface area (TPSA) is 0 Å². The molecule has 0 aromatic heterocycles. The zero-order valence-electron chi connectivity index (χ0n) is 4.74. The van der Waals surface area contributed by atoms with Gasteiger partial charge in [0.1, 0.15) is 0 Å². The Morgan fingerprint density at radius 3 is 2.40 bits per heavy atom. The number of hydrogen-bond donors (Lipinski definition) is 1. The highest BCUT2D eigenvalue weighted by molar-refractivity contribution is 7.80. The van der Waals surface area contributed by atoms with Crippen LogP contribution < -0.4 is 0 Å². The van der Waals surface area contributed by atoms with Gasteiger partial charge < -0.3 is 0 Å². The van der Waals surface area contributed by atoms with E-state index >= 15 is 0 Å². The van der Waals surface area contributed by atoms with Crippen molar-refractivity contribution >= 4 is 24.2 Å². The number of thiol groups is 1. The van der Waals surface area contributed by atoms with Crippen LogP contribution in [0, 0.1) is 11.6 Å². The molecule has 54 valence electrons. The third-order valence-electron chi connectivity index (χ3n) is 1.01. The van der Waals surface area contributed by atoms with Gasteiger partial charge in [-0.3, -0.25) is 0 Å². The first-order valence-electron chi connectivity index (χ1n) is 2.45. The Bertz CT molecular complexity index is 235. The fourth-order valence-electron chi connectivity index (χ4n) is 0.516. The quantitative estimate of drug-likeness (QED) is 0.461. The molecule has 0 spiro atoms.